The van der Waals surface area contributed by atoms with E-state index in [0.29, 0.717) is 0 Å². The molecule has 2 atom stereocenters. The molecule has 2 heterocycles. The topological polar surface area (TPSA) is 29.5 Å². The van der Waals surface area contributed by atoms with Crippen molar-refractivity contribution in [3.05, 3.63) is 107 Å². The summed E-state index contributed by atoms with van der Waals surface area (Å²) in [5, 5.41) is 0. The largest absolute Gasteiger partial charge is 0.497 e. The van der Waals surface area contributed by atoms with Crippen LogP contribution in [-0.4, -0.2) is 25.0 Å². The van der Waals surface area contributed by atoms with E-state index >= 15 is 0 Å². The van der Waals surface area contributed by atoms with Crippen LogP contribution in [0.3, 0.4) is 0 Å². The van der Waals surface area contributed by atoms with Crippen LogP contribution in [0.2, 0.25) is 0 Å². The van der Waals surface area contributed by atoms with Gasteiger partial charge in [0.2, 0.25) is 0 Å². The normalized spacial score (nSPS) is 22.9. The number of anilines is 1. The number of carbonyl (C=O) groups is 1. The Morgan fingerprint density at radius 2 is 1.23 bits per heavy atom. The van der Waals surface area contributed by atoms with Gasteiger partial charge < -0.3 is 9.64 Å². The average molecular weight is 408 g/mol. The lowest BCUT2D eigenvalue weighted by Crippen LogP contribution is -2.46. The van der Waals surface area contributed by atoms with Crippen LogP contribution >= 0.6 is 0 Å². The summed E-state index contributed by atoms with van der Waals surface area (Å²) in [6, 6.07) is 28.6. The van der Waals surface area contributed by atoms with E-state index in [4.69, 9.17) is 4.74 Å². The van der Waals surface area contributed by atoms with Gasteiger partial charge in [-0.25, -0.2) is 0 Å². The Labute approximate surface area is 183 Å². The van der Waals surface area contributed by atoms with Crippen LogP contribution in [-0.2, 0) is 4.79 Å². The third-order valence-corrected chi connectivity index (χ3v) is 6.24. The van der Waals surface area contributed by atoms with Gasteiger partial charge in [0.1, 0.15) is 5.75 Å². The second kappa shape index (κ2) is 8.27. The molecule has 2 aliphatic rings. The Morgan fingerprint density at radius 1 is 0.742 bits per heavy atom. The molecule has 3 nitrogen and oxygen atoms in total. The van der Waals surface area contributed by atoms with Gasteiger partial charge in [0.05, 0.1) is 19.2 Å². The second-order valence-electron chi connectivity index (χ2n) is 8.06. The molecule has 0 amide bonds. The number of Topliss-reactive ketones (excluding diaryl/α,β-unsaturated/α-hetero) is 1. The first kappa shape index (κ1) is 19.4. The Balaban J connectivity index is 1.63. The highest BCUT2D eigenvalue weighted by molar-refractivity contribution is 6.17. The highest BCUT2D eigenvalue weighted by Gasteiger charge is 2.46. The number of carbonyl (C=O) groups excluding carboxylic acids is 1. The fourth-order valence-corrected chi connectivity index (χ4v) is 4.79. The predicted molar refractivity (Wildman–Crippen MR) is 126 cm³/mol. The molecule has 0 saturated carbocycles. The van der Waals surface area contributed by atoms with Gasteiger partial charge in [-0.2, -0.15) is 0 Å². The van der Waals surface area contributed by atoms with E-state index in [0.717, 1.165) is 46.6 Å². The van der Waals surface area contributed by atoms with Crippen LogP contribution in [0.15, 0.2) is 96.1 Å². The van der Waals surface area contributed by atoms with Gasteiger partial charge in [-0.15, -0.1) is 0 Å². The van der Waals surface area contributed by atoms with Crippen LogP contribution in [0, 0.1) is 0 Å². The zero-order chi connectivity index (χ0) is 21.2. The Hall–Kier alpha value is -3.59. The van der Waals surface area contributed by atoms with Gasteiger partial charge in [0.25, 0.3) is 0 Å². The summed E-state index contributed by atoms with van der Waals surface area (Å²) in [5.74, 6) is 1.01. The molecule has 5 rings (SSSR count). The molecule has 3 heteroatoms. The third kappa shape index (κ3) is 3.68. The monoisotopic (exact) mass is 407 g/mol. The lowest BCUT2D eigenvalue weighted by molar-refractivity contribution is -0.112. The first-order valence-electron chi connectivity index (χ1n) is 10.7. The molecular formula is C28H25NO2. The van der Waals surface area contributed by atoms with E-state index in [-0.39, 0.29) is 17.9 Å². The smallest absolute Gasteiger partial charge is 0.189 e. The first-order valence-corrected chi connectivity index (χ1v) is 10.7. The summed E-state index contributed by atoms with van der Waals surface area (Å²) in [6.45, 7) is 0. The number of ether oxygens (including phenoxy) is 1. The lowest BCUT2D eigenvalue weighted by atomic mass is 9.87. The van der Waals surface area contributed by atoms with Crippen LogP contribution < -0.4 is 9.64 Å². The van der Waals surface area contributed by atoms with Crippen LogP contribution in [0.25, 0.3) is 12.2 Å². The molecule has 0 aliphatic carbocycles. The highest BCUT2D eigenvalue weighted by Crippen LogP contribution is 2.44. The van der Waals surface area contributed by atoms with Gasteiger partial charge in [-0.1, -0.05) is 60.7 Å². The summed E-state index contributed by atoms with van der Waals surface area (Å²) >= 11 is 0. The highest BCUT2D eigenvalue weighted by atomic mass is 16.5. The summed E-state index contributed by atoms with van der Waals surface area (Å²) in [5.41, 5.74) is 4.99. The number of methoxy groups -OCH3 is 1. The number of nitrogens with zero attached hydrogens (tertiary/aromatic N) is 1. The zero-order valence-corrected chi connectivity index (χ0v) is 17.6. The molecular weight excluding hydrogens is 382 g/mol. The van der Waals surface area contributed by atoms with E-state index in [9.17, 15) is 4.79 Å². The van der Waals surface area contributed by atoms with Crippen LogP contribution in [0.1, 0.15) is 24.0 Å². The quantitative estimate of drug-likeness (QED) is 0.513. The molecule has 0 N–H and O–H groups in total. The molecule has 31 heavy (non-hydrogen) atoms. The second-order valence-corrected chi connectivity index (χ2v) is 8.06. The van der Waals surface area contributed by atoms with Crippen molar-refractivity contribution in [1.29, 1.82) is 0 Å². The van der Waals surface area contributed by atoms with E-state index in [1.807, 2.05) is 48.5 Å². The number of fused-ring (bicyclic) bond motifs is 2. The van der Waals surface area contributed by atoms with Gasteiger partial charge >= 0.3 is 0 Å². The minimum Gasteiger partial charge on any atom is -0.497 e. The summed E-state index contributed by atoms with van der Waals surface area (Å²) in [6.07, 6.45) is 6.08. The summed E-state index contributed by atoms with van der Waals surface area (Å²) in [4.78, 5) is 16.1. The van der Waals surface area contributed by atoms with E-state index in [1.165, 1.54) is 0 Å². The SMILES string of the molecule is COc1ccc(N2[C@@H]3CC[C@H]2/C(=C\c2ccccc2)C(=O)/C3=C/c2ccccc2)cc1. The number of rotatable bonds is 4. The molecule has 2 fully saturated rings. The molecule has 0 aromatic heterocycles. The van der Waals surface area contributed by atoms with Crippen molar-refractivity contribution in [1.82, 2.24) is 0 Å². The number of hydrogen-bond acceptors (Lipinski definition) is 3. The molecule has 154 valence electrons. The predicted octanol–water partition coefficient (Wildman–Crippen LogP) is 5.78. The molecule has 0 unspecified atom stereocenters. The maximum Gasteiger partial charge on any atom is 0.189 e. The summed E-state index contributed by atoms with van der Waals surface area (Å²) in [7, 11) is 1.68. The number of benzene rings is 3. The van der Waals surface area contributed by atoms with E-state index < -0.39 is 0 Å². The van der Waals surface area contributed by atoms with Gasteiger partial charge in [-0.3, -0.25) is 4.79 Å². The van der Waals surface area contributed by atoms with E-state index in [1.54, 1.807) is 7.11 Å². The van der Waals surface area contributed by atoms with Crippen molar-refractivity contribution in [3.63, 3.8) is 0 Å². The standard InChI is InChI=1S/C28H25NO2/c1-31-23-14-12-22(13-15-23)29-26-16-17-27(29)25(19-21-10-6-3-7-11-21)28(30)24(26)18-20-8-4-2-5-9-20/h2-15,18-19,26-27H,16-17H2,1H3/b24-18+,25-19+/t26-,27+. The Morgan fingerprint density at radius 3 is 1.68 bits per heavy atom. The van der Waals surface area contributed by atoms with Crippen molar-refractivity contribution in [2.24, 2.45) is 0 Å². The van der Waals surface area contributed by atoms with Crippen LogP contribution in [0.5, 0.6) is 5.75 Å². The Kier molecular flexibility index (Phi) is 5.17. The minimum atomic E-state index is 0.0824. The van der Waals surface area contributed by atoms with Crippen molar-refractivity contribution in [2.45, 2.75) is 24.9 Å². The molecule has 2 bridgehead atoms. The third-order valence-electron chi connectivity index (χ3n) is 6.24. The fourth-order valence-electron chi connectivity index (χ4n) is 4.79. The fraction of sp³-hybridized carbons (Fsp3) is 0.179. The number of piperidine rings is 1. The van der Waals surface area contributed by atoms with Gasteiger partial charge in [-0.05, 0) is 60.4 Å². The molecule has 2 saturated heterocycles. The minimum absolute atomic E-state index is 0.0824. The summed E-state index contributed by atoms with van der Waals surface area (Å²) < 4.78 is 5.35. The average Bonchev–Trinajstić information content (AvgIpc) is 3.21. The molecule has 3 aromatic rings. The van der Waals surface area contributed by atoms with Crippen molar-refractivity contribution < 1.29 is 9.53 Å². The maximum atomic E-state index is 13.7. The molecule has 2 aliphatic heterocycles. The first-order chi connectivity index (χ1) is 15.2. The van der Waals surface area contributed by atoms with Gasteiger partial charge in [0, 0.05) is 16.8 Å². The van der Waals surface area contributed by atoms with Gasteiger partial charge in [0.15, 0.2) is 5.78 Å². The zero-order valence-electron chi connectivity index (χ0n) is 17.6. The molecule has 0 spiro atoms. The van der Waals surface area contributed by atoms with Crippen molar-refractivity contribution >= 4 is 23.6 Å². The maximum absolute atomic E-state index is 13.7. The number of hydrogen-bond donors (Lipinski definition) is 0. The molecule has 3 aromatic carbocycles. The van der Waals surface area contributed by atoms with Crippen molar-refractivity contribution in [3.8, 4) is 5.75 Å². The number of ketones is 1. The lowest BCUT2D eigenvalue weighted by Gasteiger charge is -2.39. The van der Waals surface area contributed by atoms with E-state index in [2.05, 4.69) is 53.5 Å². The van der Waals surface area contributed by atoms with Crippen molar-refractivity contribution in [2.75, 3.05) is 12.0 Å². The van der Waals surface area contributed by atoms with Crippen LogP contribution in [0.4, 0.5) is 5.69 Å². The molecule has 0 radical (unpaired) electrons. The Bertz CT molecular complexity index is 1060.